The lowest BCUT2D eigenvalue weighted by molar-refractivity contribution is -0.137. The molecule has 0 radical (unpaired) electrons. The minimum Gasteiger partial charge on any atom is -0.481 e. The number of benzene rings is 1. The maximum absolute atomic E-state index is 10.5. The van der Waals surface area contributed by atoms with Crippen LogP contribution in [-0.2, 0) is 16.0 Å². The average Bonchev–Trinajstić information content (AvgIpc) is 2.64. The number of aryl methyl sites for hydroxylation is 1. The van der Waals surface area contributed by atoms with Crippen LogP contribution in [0.15, 0.2) is 29.3 Å². The number of hydrogen-bond donors (Lipinski definition) is 1. The van der Waals surface area contributed by atoms with E-state index in [4.69, 9.17) is 9.84 Å². The summed E-state index contributed by atoms with van der Waals surface area (Å²) in [5.41, 5.74) is 2.34. The SMILES string of the molecule is Cc1cccc(CC2=NC(CC(=O)O)CO2)c1. The summed E-state index contributed by atoms with van der Waals surface area (Å²) in [6.07, 6.45) is 0.676. The second kappa shape index (κ2) is 4.99. The van der Waals surface area contributed by atoms with E-state index in [0.29, 0.717) is 18.9 Å². The Morgan fingerprint density at radius 1 is 1.59 bits per heavy atom. The van der Waals surface area contributed by atoms with Gasteiger partial charge in [-0.1, -0.05) is 29.8 Å². The van der Waals surface area contributed by atoms with Crippen LogP contribution in [0.5, 0.6) is 0 Å². The highest BCUT2D eigenvalue weighted by Gasteiger charge is 2.21. The first-order chi connectivity index (χ1) is 8.13. The highest BCUT2D eigenvalue weighted by molar-refractivity contribution is 5.81. The number of carboxylic acids is 1. The van der Waals surface area contributed by atoms with Gasteiger partial charge in [0.2, 0.25) is 0 Å². The molecular weight excluding hydrogens is 218 g/mol. The summed E-state index contributed by atoms with van der Waals surface area (Å²) in [5.74, 6) is -0.194. The zero-order valence-corrected chi connectivity index (χ0v) is 9.72. The number of carbonyl (C=O) groups is 1. The van der Waals surface area contributed by atoms with Gasteiger partial charge in [-0.15, -0.1) is 0 Å². The monoisotopic (exact) mass is 233 g/mol. The maximum atomic E-state index is 10.5. The molecular formula is C13H15NO3. The van der Waals surface area contributed by atoms with E-state index in [0.717, 1.165) is 5.56 Å². The zero-order valence-electron chi connectivity index (χ0n) is 9.72. The van der Waals surface area contributed by atoms with Gasteiger partial charge in [0, 0.05) is 6.42 Å². The van der Waals surface area contributed by atoms with Crippen molar-refractivity contribution in [3.05, 3.63) is 35.4 Å². The van der Waals surface area contributed by atoms with Crippen LogP contribution < -0.4 is 0 Å². The maximum Gasteiger partial charge on any atom is 0.305 e. The molecule has 4 heteroatoms. The first kappa shape index (κ1) is 11.6. The molecule has 1 heterocycles. The van der Waals surface area contributed by atoms with Crippen LogP contribution in [0.1, 0.15) is 17.5 Å². The van der Waals surface area contributed by atoms with Gasteiger partial charge in [0.05, 0.1) is 12.5 Å². The lowest BCUT2D eigenvalue weighted by Gasteiger charge is -2.02. The molecule has 1 N–H and O–H groups in total. The second-order valence-electron chi connectivity index (χ2n) is 4.25. The quantitative estimate of drug-likeness (QED) is 0.862. The minimum atomic E-state index is -0.834. The van der Waals surface area contributed by atoms with Crippen molar-refractivity contribution in [3.8, 4) is 0 Å². The van der Waals surface area contributed by atoms with E-state index in [-0.39, 0.29) is 12.5 Å². The molecule has 1 aliphatic rings. The summed E-state index contributed by atoms with van der Waals surface area (Å²) >= 11 is 0. The molecule has 1 aliphatic heterocycles. The van der Waals surface area contributed by atoms with Crippen molar-refractivity contribution in [2.75, 3.05) is 6.61 Å². The number of hydrogen-bond acceptors (Lipinski definition) is 3. The smallest absolute Gasteiger partial charge is 0.305 e. The number of aliphatic carboxylic acids is 1. The first-order valence-electron chi connectivity index (χ1n) is 5.60. The number of rotatable bonds is 4. The molecule has 0 aromatic heterocycles. The van der Waals surface area contributed by atoms with Crippen molar-refractivity contribution in [3.63, 3.8) is 0 Å². The van der Waals surface area contributed by atoms with Crippen LogP contribution in [0.3, 0.4) is 0 Å². The van der Waals surface area contributed by atoms with Crippen LogP contribution in [0.4, 0.5) is 0 Å². The Morgan fingerprint density at radius 2 is 2.41 bits per heavy atom. The van der Waals surface area contributed by atoms with Crippen LogP contribution in [0.25, 0.3) is 0 Å². The molecule has 0 spiro atoms. The molecule has 1 aromatic rings. The first-order valence-corrected chi connectivity index (χ1v) is 5.60. The molecule has 1 unspecified atom stereocenters. The van der Waals surface area contributed by atoms with Gasteiger partial charge in [-0.2, -0.15) is 0 Å². The predicted molar refractivity (Wildman–Crippen MR) is 64.3 cm³/mol. The van der Waals surface area contributed by atoms with Crippen molar-refractivity contribution in [1.29, 1.82) is 0 Å². The number of carboxylic acid groups (broad SMARTS) is 1. The van der Waals surface area contributed by atoms with Gasteiger partial charge in [-0.3, -0.25) is 4.79 Å². The van der Waals surface area contributed by atoms with Crippen molar-refractivity contribution in [1.82, 2.24) is 0 Å². The van der Waals surface area contributed by atoms with Crippen LogP contribution in [-0.4, -0.2) is 29.6 Å². The fraction of sp³-hybridized carbons (Fsp3) is 0.385. The van der Waals surface area contributed by atoms with E-state index in [2.05, 4.69) is 11.1 Å². The Balaban J connectivity index is 1.98. The van der Waals surface area contributed by atoms with E-state index >= 15 is 0 Å². The normalized spacial score (nSPS) is 18.6. The van der Waals surface area contributed by atoms with Crippen molar-refractivity contribution in [2.45, 2.75) is 25.8 Å². The molecule has 0 fully saturated rings. The van der Waals surface area contributed by atoms with E-state index in [1.807, 2.05) is 25.1 Å². The van der Waals surface area contributed by atoms with Gasteiger partial charge in [0.1, 0.15) is 6.61 Å². The summed E-state index contributed by atoms with van der Waals surface area (Å²) in [6, 6.07) is 7.90. The minimum absolute atomic E-state index is 0.0390. The summed E-state index contributed by atoms with van der Waals surface area (Å²) in [7, 11) is 0. The molecule has 1 atom stereocenters. The molecule has 0 saturated heterocycles. The van der Waals surface area contributed by atoms with Crippen molar-refractivity contribution >= 4 is 11.9 Å². The second-order valence-corrected chi connectivity index (χ2v) is 4.25. The van der Waals surface area contributed by atoms with Gasteiger partial charge < -0.3 is 9.84 Å². The molecule has 2 rings (SSSR count). The average molecular weight is 233 g/mol. The topological polar surface area (TPSA) is 58.9 Å². The van der Waals surface area contributed by atoms with E-state index in [1.54, 1.807) is 0 Å². The Bertz CT molecular complexity index is 454. The third kappa shape index (κ3) is 3.31. The predicted octanol–water partition coefficient (Wildman–Crippen LogP) is 1.81. The molecule has 0 aliphatic carbocycles. The van der Waals surface area contributed by atoms with Crippen LogP contribution in [0.2, 0.25) is 0 Å². The summed E-state index contributed by atoms with van der Waals surface area (Å²) < 4.78 is 5.40. The standard InChI is InChI=1S/C13H15NO3/c1-9-3-2-4-10(5-9)6-12-14-11(8-17-12)7-13(15)16/h2-5,11H,6-8H2,1H3,(H,15,16). The molecule has 90 valence electrons. The summed E-state index contributed by atoms with van der Waals surface area (Å²) in [4.78, 5) is 14.8. The molecule has 0 saturated carbocycles. The van der Waals surface area contributed by atoms with Gasteiger partial charge >= 0.3 is 5.97 Å². The molecule has 4 nitrogen and oxygen atoms in total. The highest BCUT2D eigenvalue weighted by Crippen LogP contribution is 2.13. The van der Waals surface area contributed by atoms with Crippen LogP contribution in [0, 0.1) is 6.92 Å². The molecule has 1 aromatic carbocycles. The Hall–Kier alpha value is -1.84. The van der Waals surface area contributed by atoms with E-state index in [1.165, 1.54) is 5.56 Å². The Labute approximate surface area is 99.9 Å². The number of aliphatic imine (C=N–C) groups is 1. The number of ether oxygens (including phenoxy) is 1. The fourth-order valence-electron chi connectivity index (χ4n) is 1.87. The Morgan fingerprint density at radius 3 is 3.12 bits per heavy atom. The lowest BCUT2D eigenvalue weighted by Crippen LogP contribution is -2.12. The van der Waals surface area contributed by atoms with Crippen LogP contribution >= 0.6 is 0 Å². The van der Waals surface area contributed by atoms with Gasteiger partial charge in [0.25, 0.3) is 0 Å². The third-order valence-electron chi connectivity index (χ3n) is 2.62. The summed E-state index contributed by atoms with van der Waals surface area (Å²) in [6.45, 7) is 2.42. The zero-order chi connectivity index (χ0) is 12.3. The highest BCUT2D eigenvalue weighted by atomic mass is 16.5. The summed E-state index contributed by atoms with van der Waals surface area (Å²) in [5, 5.41) is 8.66. The van der Waals surface area contributed by atoms with Gasteiger partial charge in [-0.25, -0.2) is 4.99 Å². The molecule has 17 heavy (non-hydrogen) atoms. The fourth-order valence-corrected chi connectivity index (χ4v) is 1.87. The molecule has 0 amide bonds. The lowest BCUT2D eigenvalue weighted by atomic mass is 10.1. The molecule has 0 bridgehead atoms. The van der Waals surface area contributed by atoms with Gasteiger partial charge in [0.15, 0.2) is 5.90 Å². The van der Waals surface area contributed by atoms with Gasteiger partial charge in [-0.05, 0) is 12.5 Å². The third-order valence-corrected chi connectivity index (χ3v) is 2.62. The number of nitrogens with zero attached hydrogens (tertiary/aromatic N) is 1. The van der Waals surface area contributed by atoms with E-state index in [9.17, 15) is 4.79 Å². The van der Waals surface area contributed by atoms with Crippen molar-refractivity contribution in [2.24, 2.45) is 4.99 Å². The van der Waals surface area contributed by atoms with Crippen molar-refractivity contribution < 1.29 is 14.6 Å². The largest absolute Gasteiger partial charge is 0.481 e. The Kier molecular flexibility index (Phi) is 3.42. The van der Waals surface area contributed by atoms with E-state index < -0.39 is 5.97 Å².